The lowest BCUT2D eigenvalue weighted by Crippen LogP contribution is -2.28. The van der Waals surface area contributed by atoms with Crippen molar-refractivity contribution in [1.82, 2.24) is 5.32 Å². The van der Waals surface area contributed by atoms with Crippen LogP contribution in [0.1, 0.15) is 34.7 Å². The fourth-order valence-corrected chi connectivity index (χ4v) is 2.03. The van der Waals surface area contributed by atoms with Crippen LogP contribution in [0.3, 0.4) is 0 Å². The van der Waals surface area contributed by atoms with Crippen LogP contribution in [-0.2, 0) is 0 Å². The predicted molar refractivity (Wildman–Crippen MR) is 65.5 cm³/mol. The monoisotopic (exact) mass is 241 g/mol. The second kappa shape index (κ2) is 5.87. The van der Waals surface area contributed by atoms with Crippen molar-refractivity contribution in [3.05, 3.63) is 35.4 Å². The average Bonchev–Trinajstić information content (AvgIpc) is 2.30. The number of benzene rings is 1. The Bertz CT molecular complexity index is 345. The number of piperidine rings is 1. The van der Waals surface area contributed by atoms with Crippen LogP contribution in [0.5, 0.6) is 0 Å². The third kappa shape index (κ3) is 2.97. The van der Waals surface area contributed by atoms with Crippen molar-refractivity contribution >= 4 is 18.4 Å². The van der Waals surface area contributed by atoms with E-state index < -0.39 is 5.97 Å². The Labute approximate surface area is 101 Å². The van der Waals surface area contributed by atoms with Gasteiger partial charge in [0.15, 0.2) is 0 Å². The largest absolute Gasteiger partial charge is 0.478 e. The highest BCUT2D eigenvalue weighted by Gasteiger charge is 2.15. The molecule has 2 N–H and O–H groups in total. The Hall–Kier alpha value is -1.06. The zero-order valence-corrected chi connectivity index (χ0v) is 9.80. The maximum Gasteiger partial charge on any atom is 0.335 e. The van der Waals surface area contributed by atoms with Crippen molar-refractivity contribution in [3.63, 3.8) is 0 Å². The predicted octanol–water partition coefficient (Wildman–Crippen LogP) is 2.27. The van der Waals surface area contributed by atoms with Crippen molar-refractivity contribution in [2.45, 2.75) is 18.8 Å². The molecule has 1 aliphatic rings. The molecule has 16 heavy (non-hydrogen) atoms. The molecule has 0 amide bonds. The molecule has 1 heterocycles. The van der Waals surface area contributed by atoms with Crippen LogP contribution in [0, 0.1) is 0 Å². The Morgan fingerprint density at radius 3 is 2.50 bits per heavy atom. The first-order valence-electron chi connectivity index (χ1n) is 5.31. The SMILES string of the molecule is Cl.O=C(O)c1ccc([C@H]2CCCNC2)cc1. The summed E-state index contributed by atoms with van der Waals surface area (Å²) in [5, 5.41) is 12.1. The highest BCUT2D eigenvalue weighted by atomic mass is 35.5. The molecule has 1 fully saturated rings. The van der Waals surface area contributed by atoms with Gasteiger partial charge in [-0.25, -0.2) is 4.79 Å². The minimum Gasteiger partial charge on any atom is -0.478 e. The summed E-state index contributed by atoms with van der Waals surface area (Å²) in [4.78, 5) is 10.7. The van der Waals surface area contributed by atoms with E-state index in [-0.39, 0.29) is 12.4 Å². The number of carboxylic acid groups (broad SMARTS) is 1. The van der Waals surface area contributed by atoms with E-state index in [1.165, 1.54) is 18.4 Å². The molecule has 0 bridgehead atoms. The van der Waals surface area contributed by atoms with Gasteiger partial charge in [0.2, 0.25) is 0 Å². The quantitative estimate of drug-likeness (QED) is 0.835. The zero-order chi connectivity index (χ0) is 10.7. The standard InChI is InChI=1S/C12H15NO2.ClH/c14-12(15)10-5-3-9(4-6-10)11-2-1-7-13-8-11;/h3-6,11,13H,1-2,7-8H2,(H,14,15);1H/t11-;/m0./s1. The molecule has 0 spiro atoms. The smallest absolute Gasteiger partial charge is 0.335 e. The molecule has 0 radical (unpaired) electrons. The fourth-order valence-electron chi connectivity index (χ4n) is 2.03. The van der Waals surface area contributed by atoms with E-state index in [1.54, 1.807) is 12.1 Å². The van der Waals surface area contributed by atoms with Crippen molar-refractivity contribution in [3.8, 4) is 0 Å². The van der Waals surface area contributed by atoms with E-state index in [1.807, 2.05) is 12.1 Å². The molecule has 0 aliphatic carbocycles. The molecule has 1 atom stereocenters. The first-order valence-corrected chi connectivity index (χ1v) is 5.31. The normalized spacial score (nSPS) is 19.9. The van der Waals surface area contributed by atoms with E-state index in [9.17, 15) is 4.79 Å². The summed E-state index contributed by atoms with van der Waals surface area (Å²) in [6.07, 6.45) is 2.39. The fraction of sp³-hybridized carbons (Fsp3) is 0.417. The van der Waals surface area contributed by atoms with Gasteiger partial charge in [0, 0.05) is 6.54 Å². The number of hydrogen-bond acceptors (Lipinski definition) is 2. The Balaban J connectivity index is 0.00000128. The molecule has 1 aliphatic heterocycles. The van der Waals surface area contributed by atoms with E-state index in [4.69, 9.17) is 5.11 Å². The number of rotatable bonds is 2. The molecule has 1 aromatic carbocycles. The lowest BCUT2D eigenvalue weighted by molar-refractivity contribution is 0.0697. The number of carbonyl (C=O) groups is 1. The van der Waals surface area contributed by atoms with Crippen LogP contribution in [0.25, 0.3) is 0 Å². The van der Waals surface area contributed by atoms with Crippen LogP contribution < -0.4 is 5.32 Å². The summed E-state index contributed by atoms with van der Waals surface area (Å²) < 4.78 is 0. The highest BCUT2D eigenvalue weighted by Crippen LogP contribution is 2.23. The van der Waals surface area contributed by atoms with Gasteiger partial charge in [-0.15, -0.1) is 12.4 Å². The lowest BCUT2D eigenvalue weighted by atomic mass is 9.91. The van der Waals surface area contributed by atoms with Crippen LogP contribution >= 0.6 is 12.4 Å². The van der Waals surface area contributed by atoms with Crippen molar-refractivity contribution < 1.29 is 9.90 Å². The average molecular weight is 242 g/mol. The van der Waals surface area contributed by atoms with E-state index >= 15 is 0 Å². The van der Waals surface area contributed by atoms with Crippen LogP contribution in [-0.4, -0.2) is 24.2 Å². The maximum absolute atomic E-state index is 10.7. The lowest BCUT2D eigenvalue weighted by Gasteiger charge is -2.23. The van der Waals surface area contributed by atoms with Gasteiger partial charge in [0.05, 0.1) is 5.56 Å². The van der Waals surface area contributed by atoms with Gasteiger partial charge in [-0.2, -0.15) is 0 Å². The molecule has 4 heteroatoms. The number of carboxylic acids is 1. The number of aromatic carboxylic acids is 1. The number of hydrogen-bond donors (Lipinski definition) is 2. The second-order valence-corrected chi connectivity index (χ2v) is 3.97. The third-order valence-corrected chi connectivity index (χ3v) is 2.93. The number of halogens is 1. The summed E-state index contributed by atoms with van der Waals surface area (Å²) in [5.74, 6) is -0.315. The molecular formula is C12H16ClNO2. The molecule has 3 nitrogen and oxygen atoms in total. The van der Waals surface area contributed by atoms with Crippen LogP contribution in [0.4, 0.5) is 0 Å². The molecule has 88 valence electrons. The summed E-state index contributed by atoms with van der Waals surface area (Å²) in [5.41, 5.74) is 1.61. The molecule has 2 rings (SSSR count). The van der Waals surface area contributed by atoms with Crippen LogP contribution in [0.2, 0.25) is 0 Å². The number of nitrogens with one attached hydrogen (secondary N) is 1. The summed E-state index contributed by atoms with van der Waals surface area (Å²) in [6.45, 7) is 2.11. The minimum atomic E-state index is -0.858. The minimum absolute atomic E-state index is 0. The van der Waals surface area contributed by atoms with Gasteiger partial charge in [0.1, 0.15) is 0 Å². The Kier molecular flexibility index (Phi) is 4.77. The van der Waals surface area contributed by atoms with E-state index in [2.05, 4.69) is 5.32 Å². The third-order valence-electron chi connectivity index (χ3n) is 2.93. The molecule has 1 aromatic rings. The second-order valence-electron chi connectivity index (χ2n) is 3.97. The van der Waals surface area contributed by atoms with Gasteiger partial charge in [-0.05, 0) is 43.0 Å². The van der Waals surface area contributed by atoms with Gasteiger partial charge in [-0.1, -0.05) is 12.1 Å². The Morgan fingerprint density at radius 1 is 1.31 bits per heavy atom. The van der Waals surface area contributed by atoms with Crippen molar-refractivity contribution in [2.24, 2.45) is 0 Å². The first kappa shape index (κ1) is 13.0. The summed E-state index contributed by atoms with van der Waals surface area (Å²) in [6, 6.07) is 7.24. The Morgan fingerprint density at radius 2 is 2.00 bits per heavy atom. The summed E-state index contributed by atoms with van der Waals surface area (Å²) >= 11 is 0. The van der Waals surface area contributed by atoms with Gasteiger partial charge in [0.25, 0.3) is 0 Å². The van der Waals surface area contributed by atoms with Gasteiger partial charge >= 0.3 is 5.97 Å². The van der Waals surface area contributed by atoms with Crippen molar-refractivity contribution in [1.29, 1.82) is 0 Å². The van der Waals surface area contributed by atoms with Gasteiger partial charge in [-0.3, -0.25) is 0 Å². The van der Waals surface area contributed by atoms with E-state index in [0.29, 0.717) is 11.5 Å². The highest BCUT2D eigenvalue weighted by molar-refractivity contribution is 5.87. The molecule has 0 saturated carbocycles. The maximum atomic E-state index is 10.7. The van der Waals surface area contributed by atoms with Gasteiger partial charge < -0.3 is 10.4 Å². The zero-order valence-electron chi connectivity index (χ0n) is 8.98. The van der Waals surface area contributed by atoms with E-state index in [0.717, 1.165) is 13.1 Å². The molecule has 0 unspecified atom stereocenters. The molecule has 0 aromatic heterocycles. The molecular weight excluding hydrogens is 226 g/mol. The first-order chi connectivity index (χ1) is 7.27. The summed E-state index contributed by atoms with van der Waals surface area (Å²) in [7, 11) is 0. The topological polar surface area (TPSA) is 49.3 Å². The molecule has 1 saturated heterocycles. The van der Waals surface area contributed by atoms with Crippen molar-refractivity contribution in [2.75, 3.05) is 13.1 Å². The van der Waals surface area contributed by atoms with Crippen LogP contribution in [0.15, 0.2) is 24.3 Å².